The van der Waals surface area contributed by atoms with Crippen LogP contribution in [-0.4, -0.2) is 53.4 Å². The van der Waals surface area contributed by atoms with E-state index in [-0.39, 0.29) is 35.1 Å². The first-order valence-corrected chi connectivity index (χ1v) is 13.2. The van der Waals surface area contributed by atoms with Gasteiger partial charge >= 0.3 is 0 Å². The molecule has 0 bridgehead atoms. The Morgan fingerprint density at radius 3 is 2.49 bits per heavy atom. The second-order valence-electron chi connectivity index (χ2n) is 8.42. The van der Waals surface area contributed by atoms with Crippen molar-refractivity contribution >= 4 is 27.3 Å². The maximum Gasteiger partial charge on any atom is 0.276 e. The number of benzene rings is 2. The summed E-state index contributed by atoms with van der Waals surface area (Å²) in [5.74, 6) is -0.909. The number of nitrogens with one attached hydrogen (secondary N) is 1. The number of amides is 1. The molecular weight excluding hydrogens is 497 g/mol. The van der Waals surface area contributed by atoms with E-state index in [1.54, 1.807) is 32.0 Å². The molecule has 0 aliphatic rings. The number of sulfonamides is 1. The Bertz CT molecular complexity index is 1600. The molecule has 0 saturated heterocycles. The lowest BCUT2D eigenvalue weighted by molar-refractivity contribution is 0.102. The van der Waals surface area contributed by atoms with Gasteiger partial charge in [0.2, 0.25) is 10.0 Å². The number of fused-ring (bicyclic) bond motifs is 1. The van der Waals surface area contributed by atoms with E-state index in [0.29, 0.717) is 22.5 Å². The molecular formula is C26H28FN5O4S. The van der Waals surface area contributed by atoms with Gasteiger partial charge in [-0.2, -0.15) is 9.40 Å². The second kappa shape index (κ2) is 10.3. The third-order valence-electron chi connectivity index (χ3n) is 5.97. The highest BCUT2D eigenvalue weighted by Crippen LogP contribution is 2.35. The van der Waals surface area contributed by atoms with Crippen LogP contribution < -0.4 is 10.1 Å². The first-order chi connectivity index (χ1) is 17.6. The Kier molecular flexibility index (Phi) is 7.28. The molecule has 0 saturated carbocycles. The van der Waals surface area contributed by atoms with Crippen molar-refractivity contribution < 1.29 is 22.3 Å². The van der Waals surface area contributed by atoms with E-state index in [1.165, 1.54) is 40.2 Å². The van der Waals surface area contributed by atoms with E-state index >= 15 is 0 Å². The van der Waals surface area contributed by atoms with Gasteiger partial charge in [0.15, 0.2) is 11.3 Å². The van der Waals surface area contributed by atoms with Gasteiger partial charge in [-0.05, 0) is 55.8 Å². The van der Waals surface area contributed by atoms with Crippen molar-refractivity contribution in [3.63, 3.8) is 0 Å². The fourth-order valence-corrected chi connectivity index (χ4v) is 5.88. The number of nitrogens with zero attached hydrogens (tertiary/aromatic N) is 4. The maximum atomic E-state index is 13.7. The van der Waals surface area contributed by atoms with Gasteiger partial charge in [-0.1, -0.05) is 26.0 Å². The summed E-state index contributed by atoms with van der Waals surface area (Å²) in [5.41, 5.74) is 2.86. The third-order valence-corrected chi connectivity index (χ3v) is 8.04. The van der Waals surface area contributed by atoms with Crippen molar-refractivity contribution in [1.29, 1.82) is 0 Å². The summed E-state index contributed by atoms with van der Waals surface area (Å²) in [7, 11) is -2.49. The molecule has 11 heteroatoms. The summed E-state index contributed by atoms with van der Waals surface area (Å²) < 4.78 is 48.9. The molecule has 2 aromatic carbocycles. The van der Waals surface area contributed by atoms with Crippen molar-refractivity contribution in [3.8, 4) is 16.9 Å². The van der Waals surface area contributed by atoms with Crippen LogP contribution in [0, 0.1) is 19.7 Å². The normalized spacial score (nSPS) is 11.8. The van der Waals surface area contributed by atoms with Gasteiger partial charge in [-0.15, -0.1) is 0 Å². The van der Waals surface area contributed by atoms with Gasteiger partial charge in [-0.3, -0.25) is 4.79 Å². The molecule has 9 nitrogen and oxygen atoms in total. The van der Waals surface area contributed by atoms with Gasteiger partial charge in [0.1, 0.15) is 16.5 Å². The summed E-state index contributed by atoms with van der Waals surface area (Å²) in [4.78, 5) is 18.0. The Hall–Kier alpha value is -3.83. The van der Waals surface area contributed by atoms with Crippen LogP contribution in [0.4, 0.5) is 10.1 Å². The molecule has 2 heterocycles. The number of aryl methyl sites for hydroxylation is 2. The van der Waals surface area contributed by atoms with Crippen LogP contribution in [0.2, 0.25) is 0 Å². The minimum Gasteiger partial charge on any atom is -0.495 e. The number of rotatable bonds is 8. The molecule has 1 N–H and O–H groups in total. The Morgan fingerprint density at radius 2 is 1.84 bits per heavy atom. The highest BCUT2D eigenvalue weighted by atomic mass is 32.2. The van der Waals surface area contributed by atoms with E-state index < -0.39 is 21.7 Å². The van der Waals surface area contributed by atoms with Crippen molar-refractivity contribution in [2.24, 2.45) is 0 Å². The fraction of sp³-hybridized carbons (Fsp3) is 0.269. The zero-order valence-electron chi connectivity index (χ0n) is 21.2. The zero-order valence-corrected chi connectivity index (χ0v) is 22.1. The van der Waals surface area contributed by atoms with Crippen LogP contribution >= 0.6 is 0 Å². The number of methoxy groups -OCH3 is 1. The average molecular weight is 526 g/mol. The Morgan fingerprint density at radius 1 is 1.11 bits per heavy atom. The SMILES string of the molecule is CCN(CC)S(=O)(=O)c1cc(-c2c(C(=O)Nc3cccc(F)c3)nn3c(C)cc(C)nc23)ccc1OC. The molecule has 4 rings (SSSR count). The van der Waals surface area contributed by atoms with Crippen LogP contribution in [0.1, 0.15) is 35.7 Å². The van der Waals surface area contributed by atoms with Crippen molar-refractivity contribution in [1.82, 2.24) is 18.9 Å². The van der Waals surface area contributed by atoms with E-state index in [2.05, 4.69) is 15.4 Å². The number of carbonyl (C=O) groups excluding carboxylic acids is 1. The molecule has 0 aliphatic heterocycles. The number of anilines is 1. The summed E-state index contributed by atoms with van der Waals surface area (Å²) >= 11 is 0. The highest BCUT2D eigenvalue weighted by molar-refractivity contribution is 7.89. The molecule has 0 aliphatic carbocycles. The molecule has 0 fully saturated rings. The van der Waals surface area contributed by atoms with E-state index in [1.807, 2.05) is 19.9 Å². The van der Waals surface area contributed by atoms with Crippen molar-refractivity contribution in [2.45, 2.75) is 32.6 Å². The average Bonchev–Trinajstić information content (AvgIpc) is 3.24. The number of ether oxygens (including phenoxy) is 1. The minimum absolute atomic E-state index is 0.0156. The molecule has 0 spiro atoms. The predicted molar refractivity (Wildman–Crippen MR) is 139 cm³/mol. The number of halogens is 1. The molecule has 0 unspecified atom stereocenters. The maximum absolute atomic E-state index is 13.7. The summed E-state index contributed by atoms with van der Waals surface area (Å²) in [6.07, 6.45) is 0. The topological polar surface area (TPSA) is 106 Å². The lowest BCUT2D eigenvalue weighted by atomic mass is 10.0. The van der Waals surface area contributed by atoms with Crippen LogP contribution in [0.5, 0.6) is 5.75 Å². The van der Waals surface area contributed by atoms with E-state index in [4.69, 9.17) is 4.74 Å². The molecule has 0 radical (unpaired) electrons. The molecule has 37 heavy (non-hydrogen) atoms. The number of hydrogen-bond donors (Lipinski definition) is 1. The van der Waals surface area contributed by atoms with Crippen LogP contribution in [0.15, 0.2) is 53.4 Å². The molecule has 0 atom stereocenters. The minimum atomic E-state index is -3.90. The lowest BCUT2D eigenvalue weighted by Crippen LogP contribution is -2.30. The van der Waals surface area contributed by atoms with Crippen molar-refractivity contribution in [3.05, 3.63) is 71.4 Å². The standard InChI is InChI=1S/C26H28FN5O4S/c1-6-31(7-2)37(34,35)22-14-18(11-12-21(22)36-5)23-24(26(33)29-20-10-8-9-19(27)15-20)30-32-17(4)13-16(3)28-25(23)32/h8-15H,6-7H2,1-5H3,(H,29,33). The summed E-state index contributed by atoms with van der Waals surface area (Å²) in [5, 5.41) is 7.18. The lowest BCUT2D eigenvalue weighted by Gasteiger charge is -2.20. The van der Waals surface area contributed by atoms with Gasteiger partial charge in [0.25, 0.3) is 5.91 Å². The molecule has 194 valence electrons. The van der Waals surface area contributed by atoms with Gasteiger partial charge in [0.05, 0.1) is 12.7 Å². The Balaban J connectivity index is 1.96. The van der Waals surface area contributed by atoms with Gasteiger partial charge in [-0.25, -0.2) is 22.3 Å². The largest absolute Gasteiger partial charge is 0.495 e. The first-order valence-electron chi connectivity index (χ1n) is 11.7. The van der Waals surface area contributed by atoms with Gasteiger partial charge < -0.3 is 10.1 Å². The van der Waals surface area contributed by atoms with Crippen molar-refractivity contribution in [2.75, 3.05) is 25.5 Å². The number of hydrogen-bond acceptors (Lipinski definition) is 6. The number of aromatic nitrogens is 3. The van der Waals surface area contributed by atoms with Crippen LogP contribution in [-0.2, 0) is 10.0 Å². The fourth-order valence-electron chi connectivity index (χ4n) is 4.24. The second-order valence-corrected chi connectivity index (χ2v) is 10.3. The third kappa shape index (κ3) is 4.92. The quantitative estimate of drug-likeness (QED) is 0.365. The highest BCUT2D eigenvalue weighted by Gasteiger charge is 2.29. The van der Waals surface area contributed by atoms with Crippen LogP contribution in [0.25, 0.3) is 16.8 Å². The Labute approximate surface area is 215 Å². The summed E-state index contributed by atoms with van der Waals surface area (Å²) in [6.45, 7) is 7.73. The van der Waals surface area contributed by atoms with Crippen LogP contribution in [0.3, 0.4) is 0 Å². The predicted octanol–water partition coefficient (Wildman–Crippen LogP) is 4.44. The first kappa shape index (κ1) is 26.2. The monoisotopic (exact) mass is 525 g/mol. The molecule has 4 aromatic rings. The van der Waals surface area contributed by atoms with Gasteiger partial charge in [0, 0.05) is 30.2 Å². The van der Waals surface area contributed by atoms with E-state index in [0.717, 1.165) is 5.69 Å². The zero-order chi connectivity index (χ0) is 26.9. The molecule has 2 aromatic heterocycles. The number of carbonyl (C=O) groups is 1. The molecule has 1 amide bonds. The summed E-state index contributed by atoms with van der Waals surface area (Å²) in [6, 6.07) is 12.0. The van der Waals surface area contributed by atoms with E-state index in [9.17, 15) is 17.6 Å². The smallest absolute Gasteiger partial charge is 0.276 e.